The first-order valence-corrected chi connectivity index (χ1v) is 7.96. The number of hydrogen-bond donors (Lipinski definition) is 1. The lowest BCUT2D eigenvalue weighted by Gasteiger charge is -2.18. The first-order valence-electron chi connectivity index (χ1n) is 7.96. The summed E-state index contributed by atoms with van der Waals surface area (Å²) in [6, 6.07) is 12.2. The zero-order chi connectivity index (χ0) is 15.5. The van der Waals surface area contributed by atoms with Crippen molar-refractivity contribution in [1.82, 2.24) is 4.90 Å². The summed E-state index contributed by atoms with van der Waals surface area (Å²) in [4.78, 5) is 2.38. The molecule has 0 bridgehead atoms. The molecule has 0 amide bonds. The Bertz CT molecular complexity index is 666. The highest BCUT2D eigenvalue weighted by atomic mass is 16.5. The van der Waals surface area contributed by atoms with Crippen LogP contribution < -0.4 is 4.74 Å². The highest BCUT2D eigenvalue weighted by Gasteiger charge is 2.19. The fourth-order valence-electron chi connectivity index (χ4n) is 3.11. The Labute approximate surface area is 132 Å². The van der Waals surface area contributed by atoms with Crippen LogP contribution in [0.15, 0.2) is 36.4 Å². The second-order valence-corrected chi connectivity index (χ2v) is 5.92. The van der Waals surface area contributed by atoms with Gasteiger partial charge in [-0.15, -0.1) is 0 Å². The molecular formula is C19H23NO2. The topological polar surface area (TPSA) is 32.7 Å². The van der Waals surface area contributed by atoms with Gasteiger partial charge in [0.25, 0.3) is 0 Å². The zero-order valence-corrected chi connectivity index (χ0v) is 13.3. The molecule has 0 saturated carbocycles. The SMILES string of the molecule is CCCN1CCOc2c(O)cc(-c3ccccc3C)cc2C1. The van der Waals surface area contributed by atoms with E-state index in [4.69, 9.17) is 4.74 Å². The molecule has 0 saturated heterocycles. The summed E-state index contributed by atoms with van der Waals surface area (Å²) in [5.41, 5.74) is 4.49. The predicted molar refractivity (Wildman–Crippen MR) is 89.3 cm³/mol. The first kappa shape index (κ1) is 14.9. The molecule has 1 N–H and O–H groups in total. The summed E-state index contributed by atoms with van der Waals surface area (Å²) < 4.78 is 5.79. The Morgan fingerprint density at radius 1 is 1.23 bits per heavy atom. The predicted octanol–water partition coefficient (Wildman–Crippen LogP) is 3.97. The molecule has 116 valence electrons. The number of aryl methyl sites for hydroxylation is 1. The molecule has 3 heteroatoms. The Balaban J connectivity index is 2.02. The van der Waals surface area contributed by atoms with E-state index in [1.165, 1.54) is 5.56 Å². The quantitative estimate of drug-likeness (QED) is 0.930. The maximum atomic E-state index is 10.4. The summed E-state index contributed by atoms with van der Waals surface area (Å²) >= 11 is 0. The van der Waals surface area contributed by atoms with Gasteiger partial charge >= 0.3 is 0 Å². The molecule has 3 rings (SSSR count). The van der Waals surface area contributed by atoms with Crippen LogP contribution in [-0.4, -0.2) is 29.7 Å². The Hall–Kier alpha value is -2.00. The van der Waals surface area contributed by atoms with Crippen molar-refractivity contribution in [1.29, 1.82) is 0 Å². The molecule has 2 aromatic carbocycles. The summed E-state index contributed by atoms with van der Waals surface area (Å²) in [5, 5.41) is 10.4. The van der Waals surface area contributed by atoms with Crippen LogP contribution in [0.5, 0.6) is 11.5 Å². The van der Waals surface area contributed by atoms with Crippen molar-refractivity contribution in [2.24, 2.45) is 0 Å². The minimum atomic E-state index is 0.245. The molecule has 0 aliphatic carbocycles. The number of phenols is 1. The Morgan fingerprint density at radius 2 is 2.05 bits per heavy atom. The van der Waals surface area contributed by atoms with E-state index in [0.29, 0.717) is 12.4 Å². The highest BCUT2D eigenvalue weighted by Crippen LogP contribution is 2.38. The van der Waals surface area contributed by atoms with Crippen molar-refractivity contribution >= 4 is 0 Å². The Morgan fingerprint density at radius 3 is 2.82 bits per heavy atom. The number of fused-ring (bicyclic) bond motifs is 1. The number of nitrogens with zero attached hydrogens (tertiary/aromatic N) is 1. The van der Waals surface area contributed by atoms with Gasteiger partial charge in [0, 0.05) is 18.7 Å². The van der Waals surface area contributed by atoms with E-state index >= 15 is 0 Å². The summed E-state index contributed by atoms with van der Waals surface area (Å²) in [6.07, 6.45) is 1.12. The number of ether oxygens (including phenoxy) is 1. The van der Waals surface area contributed by atoms with Crippen molar-refractivity contribution in [2.75, 3.05) is 19.7 Å². The molecule has 0 atom stereocenters. The highest BCUT2D eigenvalue weighted by molar-refractivity contribution is 5.71. The largest absolute Gasteiger partial charge is 0.504 e. The molecule has 0 radical (unpaired) electrons. The van der Waals surface area contributed by atoms with E-state index in [1.54, 1.807) is 0 Å². The number of benzene rings is 2. The molecule has 1 aliphatic heterocycles. The number of hydrogen-bond acceptors (Lipinski definition) is 3. The van der Waals surface area contributed by atoms with E-state index in [2.05, 4.69) is 36.9 Å². The molecule has 2 aromatic rings. The van der Waals surface area contributed by atoms with Crippen molar-refractivity contribution < 1.29 is 9.84 Å². The van der Waals surface area contributed by atoms with Gasteiger partial charge in [0.05, 0.1) is 0 Å². The molecular weight excluding hydrogens is 274 g/mol. The first-order chi connectivity index (χ1) is 10.7. The van der Waals surface area contributed by atoms with Gasteiger partial charge in [0.15, 0.2) is 11.5 Å². The third kappa shape index (κ3) is 2.95. The lowest BCUT2D eigenvalue weighted by atomic mass is 9.98. The van der Waals surface area contributed by atoms with Crippen LogP contribution in [0, 0.1) is 6.92 Å². The second-order valence-electron chi connectivity index (χ2n) is 5.92. The summed E-state index contributed by atoms with van der Waals surface area (Å²) in [6.45, 7) is 7.70. The van der Waals surface area contributed by atoms with Crippen molar-refractivity contribution in [2.45, 2.75) is 26.8 Å². The number of aromatic hydroxyl groups is 1. The lowest BCUT2D eigenvalue weighted by molar-refractivity contribution is 0.223. The lowest BCUT2D eigenvalue weighted by Crippen LogP contribution is -2.26. The van der Waals surface area contributed by atoms with Crippen LogP contribution in [-0.2, 0) is 6.54 Å². The van der Waals surface area contributed by atoms with Gasteiger partial charge < -0.3 is 9.84 Å². The smallest absolute Gasteiger partial charge is 0.165 e. The number of phenolic OH excluding ortho intramolecular Hbond substituents is 1. The minimum Gasteiger partial charge on any atom is -0.504 e. The van der Waals surface area contributed by atoms with Crippen LogP contribution in [0.4, 0.5) is 0 Å². The van der Waals surface area contributed by atoms with Gasteiger partial charge in [0.2, 0.25) is 0 Å². The van der Waals surface area contributed by atoms with E-state index < -0.39 is 0 Å². The van der Waals surface area contributed by atoms with Crippen LogP contribution >= 0.6 is 0 Å². The van der Waals surface area contributed by atoms with Gasteiger partial charge in [-0.25, -0.2) is 0 Å². The van der Waals surface area contributed by atoms with E-state index in [-0.39, 0.29) is 5.75 Å². The van der Waals surface area contributed by atoms with Gasteiger partial charge in [-0.05, 0) is 48.7 Å². The number of rotatable bonds is 3. The van der Waals surface area contributed by atoms with Crippen LogP contribution in [0.1, 0.15) is 24.5 Å². The third-order valence-corrected chi connectivity index (χ3v) is 4.19. The van der Waals surface area contributed by atoms with E-state index in [0.717, 1.165) is 42.7 Å². The standard InChI is InChI=1S/C19H23NO2/c1-3-8-20-9-10-22-19-16(13-20)11-15(12-18(19)21)17-7-5-4-6-14(17)2/h4-7,11-12,21H,3,8-10,13H2,1-2H3. The Kier molecular flexibility index (Phi) is 4.34. The fourth-order valence-corrected chi connectivity index (χ4v) is 3.11. The van der Waals surface area contributed by atoms with E-state index in [9.17, 15) is 5.11 Å². The molecule has 3 nitrogen and oxygen atoms in total. The summed E-state index contributed by atoms with van der Waals surface area (Å²) in [5.74, 6) is 0.894. The molecule has 0 fully saturated rings. The zero-order valence-electron chi connectivity index (χ0n) is 13.3. The van der Waals surface area contributed by atoms with Gasteiger partial charge in [0.1, 0.15) is 6.61 Å². The van der Waals surface area contributed by atoms with Crippen molar-refractivity contribution in [3.8, 4) is 22.6 Å². The van der Waals surface area contributed by atoms with Gasteiger partial charge in [-0.1, -0.05) is 31.2 Å². The monoisotopic (exact) mass is 297 g/mol. The van der Waals surface area contributed by atoms with Crippen LogP contribution in [0.3, 0.4) is 0 Å². The van der Waals surface area contributed by atoms with Crippen molar-refractivity contribution in [3.63, 3.8) is 0 Å². The van der Waals surface area contributed by atoms with Crippen molar-refractivity contribution in [3.05, 3.63) is 47.5 Å². The minimum absolute atomic E-state index is 0.245. The average Bonchev–Trinajstić information content (AvgIpc) is 2.70. The summed E-state index contributed by atoms with van der Waals surface area (Å²) in [7, 11) is 0. The molecule has 1 aliphatic rings. The van der Waals surface area contributed by atoms with Gasteiger partial charge in [-0.2, -0.15) is 0 Å². The average molecular weight is 297 g/mol. The third-order valence-electron chi connectivity index (χ3n) is 4.19. The fraction of sp³-hybridized carbons (Fsp3) is 0.368. The molecule has 0 unspecified atom stereocenters. The normalized spacial score (nSPS) is 15.0. The molecule has 22 heavy (non-hydrogen) atoms. The van der Waals surface area contributed by atoms with E-state index in [1.807, 2.05) is 18.2 Å². The second kappa shape index (κ2) is 6.41. The maximum absolute atomic E-state index is 10.4. The van der Waals surface area contributed by atoms with Gasteiger partial charge in [-0.3, -0.25) is 4.90 Å². The van der Waals surface area contributed by atoms with Crippen LogP contribution in [0.2, 0.25) is 0 Å². The molecule has 1 heterocycles. The maximum Gasteiger partial charge on any atom is 0.165 e. The molecule has 0 spiro atoms. The van der Waals surface area contributed by atoms with Crippen LogP contribution in [0.25, 0.3) is 11.1 Å². The molecule has 0 aromatic heterocycles.